The average Bonchev–Trinajstić information content (AvgIpc) is 2.16. The van der Waals surface area contributed by atoms with Crippen LogP contribution >= 0.6 is 24.8 Å². The number of hydrogen-bond acceptors (Lipinski definition) is 4. The molecule has 1 amide bonds. The van der Waals surface area contributed by atoms with Crippen LogP contribution in [0.5, 0.6) is 0 Å². The minimum absolute atomic E-state index is 0. The van der Waals surface area contributed by atoms with Gasteiger partial charge in [-0.1, -0.05) is 0 Å². The molecule has 2 rings (SSSR count). The van der Waals surface area contributed by atoms with Gasteiger partial charge >= 0.3 is 5.97 Å². The molecule has 0 aromatic rings. The maximum atomic E-state index is 11.6. The number of hydrogen-bond donors (Lipinski definition) is 2. The third-order valence-electron chi connectivity index (χ3n) is 3.56. The van der Waals surface area contributed by atoms with Crippen LogP contribution in [0.1, 0.15) is 25.7 Å². The van der Waals surface area contributed by atoms with Gasteiger partial charge in [-0.15, -0.1) is 24.8 Å². The molecule has 0 spiro atoms. The van der Waals surface area contributed by atoms with Crippen molar-refractivity contribution in [2.45, 2.75) is 37.8 Å². The second-order valence-corrected chi connectivity index (χ2v) is 4.83. The van der Waals surface area contributed by atoms with Crippen LogP contribution in [0.4, 0.5) is 0 Å². The summed E-state index contributed by atoms with van der Waals surface area (Å²) in [4.78, 5) is 22.8. The SMILES string of the molecule is COC(=O)C1CC(NC(=O)C2CC(N)C2)C1.Cl.Cl. The smallest absolute Gasteiger partial charge is 0.308 e. The number of carbonyl (C=O) groups excluding carboxylic acids is 2. The standard InChI is InChI=1S/C11H18N2O3.2ClH/c1-16-11(15)7-4-9(5-7)13-10(14)6-2-8(12)3-6;;/h6-9H,2-5,12H2,1H3,(H,13,14);2*1H. The zero-order valence-electron chi connectivity index (χ0n) is 10.3. The lowest BCUT2D eigenvalue weighted by Crippen LogP contribution is -2.52. The Labute approximate surface area is 119 Å². The highest BCUT2D eigenvalue weighted by Gasteiger charge is 2.39. The first-order chi connectivity index (χ1) is 7.60. The number of esters is 1. The third kappa shape index (κ3) is 3.73. The largest absolute Gasteiger partial charge is 0.469 e. The summed E-state index contributed by atoms with van der Waals surface area (Å²) in [7, 11) is 1.39. The monoisotopic (exact) mass is 298 g/mol. The van der Waals surface area contributed by atoms with E-state index in [1.54, 1.807) is 0 Å². The average molecular weight is 299 g/mol. The molecular weight excluding hydrogens is 279 g/mol. The number of nitrogens with two attached hydrogens (primary N) is 1. The van der Waals surface area contributed by atoms with Crippen molar-refractivity contribution in [3.63, 3.8) is 0 Å². The topological polar surface area (TPSA) is 81.4 Å². The molecule has 0 unspecified atom stereocenters. The summed E-state index contributed by atoms with van der Waals surface area (Å²) < 4.78 is 4.63. The quantitative estimate of drug-likeness (QED) is 0.749. The minimum Gasteiger partial charge on any atom is -0.469 e. The summed E-state index contributed by atoms with van der Waals surface area (Å²) in [6.07, 6.45) is 2.99. The van der Waals surface area contributed by atoms with E-state index < -0.39 is 0 Å². The highest BCUT2D eigenvalue weighted by molar-refractivity contribution is 5.85. The van der Waals surface area contributed by atoms with Crippen molar-refractivity contribution < 1.29 is 14.3 Å². The van der Waals surface area contributed by atoms with E-state index in [4.69, 9.17) is 5.73 Å². The van der Waals surface area contributed by atoms with E-state index in [9.17, 15) is 9.59 Å². The maximum absolute atomic E-state index is 11.6. The van der Waals surface area contributed by atoms with Crippen LogP contribution in [0.15, 0.2) is 0 Å². The van der Waals surface area contributed by atoms with Crippen molar-refractivity contribution in [2.24, 2.45) is 17.6 Å². The molecule has 18 heavy (non-hydrogen) atoms. The molecule has 3 N–H and O–H groups in total. The van der Waals surface area contributed by atoms with Crippen molar-refractivity contribution >= 4 is 36.7 Å². The van der Waals surface area contributed by atoms with E-state index in [-0.39, 0.29) is 60.6 Å². The molecule has 0 heterocycles. The summed E-state index contributed by atoms with van der Waals surface area (Å²) in [6.45, 7) is 0. The van der Waals surface area contributed by atoms with E-state index in [0.29, 0.717) is 12.8 Å². The molecule has 0 aromatic heterocycles. The molecule has 2 saturated carbocycles. The van der Waals surface area contributed by atoms with Gasteiger partial charge in [0.15, 0.2) is 0 Å². The zero-order valence-corrected chi connectivity index (χ0v) is 11.9. The van der Waals surface area contributed by atoms with E-state index >= 15 is 0 Å². The zero-order chi connectivity index (χ0) is 11.7. The van der Waals surface area contributed by atoms with Crippen LogP contribution in [-0.2, 0) is 14.3 Å². The van der Waals surface area contributed by atoms with Crippen molar-refractivity contribution in [1.82, 2.24) is 5.32 Å². The van der Waals surface area contributed by atoms with Crippen LogP contribution in [0, 0.1) is 11.8 Å². The molecule has 7 heteroatoms. The fourth-order valence-corrected chi connectivity index (χ4v) is 2.29. The van der Waals surface area contributed by atoms with Gasteiger partial charge in [0.05, 0.1) is 13.0 Å². The summed E-state index contributed by atoms with van der Waals surface area (Å²) >= 11 is 0. The number of halogens is 2. The lowest BCUT2D eigenvalue weighted by atomic mass is 9.77. The summed E-state index contributed by atoms with van der Waals surface area (Å²) in [5.74, 6) is -0.0164. The molecule has 0 aromatic carbocycles. The molecule has 0 atom stereocenters. The predicted octanol–water partition coefficient (Wildman–Crippen LogP) is 0.635. The van der Waals surface area contributed by atoms with Gasteiger partial charge in [-0.05, 0) is 25.7 Å². The molecule has 106 valence electrons. The Balaban J connectivity index is 0.00000144. The van der Waals surface area contributed by atoms with Crippen LogP contribution in [-0.4, -0.2) is 31.1 Å². The normalized spacial score (nSPS) is 32.8. The molecule has 0 aliphatic heterocycles. The van der Waals surface area contributed by atoms with E-state index in [1.807, 2.05) is 0 Å². The van der Waals surface area contributed by atoms with E-state index in [2.05, 4.69) is 10.1 Å². The second-order valence-electron chi connectivity index (χ2n) is 4.83. The number of nitrogens with one attached hydrogen (secondary N) is 1. The van der Waals surface area contributed by atoms with Gasteiger partial charge in [0.2, 0.25) is 5.91 Å². The Bertz CT molecular complexity index is 303. The lowest BCUT2D eigenvalue weighted by molar-refractivity contribution is -0.150. The van der Waals surface area contributed by atoms with Crippen molar-refractivity contribution in [1.29, 1.82) is 0 Å². The highest BCUT2D eigenvalue weighted by Crippen LogP contribution is 2.30. The fraction of sp³-hybridized carbons (Fsp3) is 0.818. The molecular formula is C11H20Cl2N2O3. The van der Waals surface area contributed by atoms with Gasteiger partial charge in [0.25, 0.3) is 0 Å². The highest BCUT2D eigenvalue weighted by atomic mass is 35.5. The number of carbonyl (C=O) groups is 2. The molecule has 2 aliphatic rings. The van der Waals surface area contributed by atoms with Gasteiger partial charge in [0.1, 0.15) is 0 Å². The Morgan fingerprint density at radius 3 is 2.11 bits per heavy atom. The van der Waals surface area contributed by atoms with Crippen LogP contribution in [0.2, 0.25) is 0 Å². The van der Waals surface area contributed by atoms with E-state index in [0.717, 1.165) is 12.8 Å². The molecule has 2 aliphatic carbocycles. The lowest BCUT2D eigenvalue weighted by Gasteiger charge is -2.37. The number of ether oxygens (including phenoxy) is 1. The molecule has 0 saturated heterocycles. The first-order valence-electron chi connectivity index (χ1n) is 5.74. The second kappa shape index (κ2) is 7.16. The predicted molar refractivity (Wildman–Crippen MR) is 71.9 cm³/mol. The third-order valence-corrected chi connectivity index (χ3v) is 3.56. The number of amides is 1. The molecule has 2 fully saturated rings. The number of rotatable bonds is 3. The van der Waals surface area contributed by atoms with Gasteiger partial charge in [-0.25, -0.2) is 0 Å². The van der Waals surface area contributed by atoms with Gasteiger partial charge in [0, 0.05) is 18.0 Å². The van der Waals surface area contributed by atoms with Gasteiger partial charge < -0.3 is 15.8 Å². The van der Waals surface area contributed by atoms with Gasteiger partial charge in [-0.3, -0.25) is 9.59 Å². The number of methoxy groups -OCH3 is 1. The Morgan fingerprint density at radius 1 is 1.11 bits per heavy atom. The maximum Gasteiger partial charge on any atom is 0.308 e. The minimum atomic E-state index is -0.170. The Morgan fingerprint density at radius 2 is 1.67 bits per heavy atom. The molecule has 5 nitrogen and oxygen atoms in total. The van der Waals surface area contributed by atoms with Crippen LogP contribution in [0.3, 0.4) is 0 Å². The van der Waals surface area contributed by atoms with Crippen molar-refractivity contribution in [2.75, 3.05) is 7.11 Å². The van der Waals surface area contributed by atoms with Crippen LogP contribution < -0.4 is 11.1 Å². The first-order valence-corrected chi connectivity index (χ1v) is 5.74. The molecule has 0 bridgehead atoms. The van der Waals surface area contributed by atoms with Crippen LogP contribution in [0.25, 0.3) is 0 Å². The first kappa shape index (κ1) is 17.5. The Kier molecular flexibility index (Phi) is 6.96. The van der Waals surface area contributed by atoms with Gasteiger partial charge in [-0.2, -0.15) is 0 Å². The summed E-state index contributed by atoms with van der Waals surface area (Å²) in [6, 6.07) is 0.341. The fourth-order valence-electron chi connectivity index (χ4n) is 2.29. The molecule has 0 radical (unpaired) electrons. The van der Waals surface area contributed by atoms with E-state index in [1.165, 1.54) is 7.11 Å². The summed E-state index contributed by atoms with van der Waals surface area (Å²) in [5, 5.41) is 2.95. The van der Waals surface area contributed by atoms with Crippen molar-refractivity contribution in [3.05, 3.63) is 0 Å². The summed E-state index contributed by atoms with van der Waals surface area (Å²) in [5.41, 5.74) is 5.62. The Hall–Kier alpha value is -0.520. The van der Waals surface area contributed by atoms with Crippen molar-refractivity contribution in [3.8, 4) is 0 Å².